The van der Waals surface area contributed by atoms with Gasteiger partial charge in [0.05, 0.1) is 18.0 Å². The fourth-order valence-electron chi connectivity index (χ4n) is 2.78. The van der Waals surface area contributed by atoms with Crippen LogP contribution < -0.4 is 0 Å². The van der Waals surface area contributed by atoms with Crippen molar-refractivity contribution < 1.29 is 17.1 Å². The highest BCUT2D eigenvalue weighted by Gasteiger charge is 2.31. The standard InChI is InChI=1S/C16H21INO3S/c1-15-5-7-16(8-6-15)22(19,20)21-14-13-18(12-4-9-17)10-2-3-11-18/h5-8H,2-3,10-14H2,1H3/q+1. The third-order valence-electron chi connectivity index (χ3n) is 4.11. The minimum absolute atomic E-state index is 0.207. The molecule has 1 aromatic rings. The number of likely N-dealkylation sites (tertiary alicyclic amines) is 1. The summed E-state index contributed by atoms with van der Waals surface area (Å²) in [5, 5.41) is 0. The van der Waals surface area contributed by atoms with Crippen LogP contribution in [0.4, 0.5) is 0 Å². The van der Waals surface area contributed by atoms with Crippen molar-refractivity contribution in [2.45, 2.75) is 24.7 Å². The molecule has 0 bridgehead atoms. The van der Waals surface area contributed by atoms with Crippen molar-refractivity contribution in [2.24, 2.45) is 0 Å². The first-order valence-corrected chi connectivity index (χ1v) is 9.86. The molecule has 22 heavy (non-hydrogen) atoms. The van der Waals surface area contributed by atoms with Crippen LogP contribution in [0.5, 0.6) is 0 Å². The Kier molecular flexibility index (Phi) is 6.26. The van der Waals surface area contributed by atoms with Crippen LogP contribution in [-0.2, 0) is 14.3 Å². The first-order chi connectivity index (χ1) is 10.5. The lowest BCUT2D eigenvalue weighted by atomic mass is 10.2. The molecule has 0 atom stereocenters. The summed E-state index contributed by atoms with van der Waals surface area (Å²) in [6.07, 6.45) is 2.35. The lowest BCUT2D eigenvalue weighted by Crippen LogP contribution is -2.48. The van der Waals surface area contributed by atoms with E-state index in [0.717, 1.165) is 29.7 Å². The van der Waals surface area contributed by atoms with Crippen molar-refractivity contribution in [3.8, 4) is 9.85 Å². The van der Waals surface area contributed by atoms with Gasteiger partial charge in [0.1, 0.15) is 19.7 Å². The van der Waals surface area contributed by atoms with Crippen LogP contribution >= 0.6 is 22.6 Å². The Morgan fingerprint density at radius 3 is 2.45 bits per heavy atom. The van der Waals surface area contributed by atoms with Crippen LogP contribution in [0.3, 0.4) is 0 Å². The van der Waals surface area contributed by atoms with Gasteiger partial charge < -0.3 is 4.48 Å². The number of hydrogen-bond donors (Lipinski definition) is 0. The summed E-state index contributed by atoms with van der Waals surface area (Å²) in [5.41, 5.74) is 1.03. The average Bonchev–Trinajstić information content (AvgIpc) is 2.94. The van der Waals surface area contributed by atoms with Crippen LogP contribution in [-0.4, -0.2) is 45.7 Å². The summed E-state index contributed by atoms with van der Waals surface area (Å²) in [6.45, 7) is 5.71. The van der Waals surface area contributed by atoms with Crippen molar-refractivity contribution in [1.29, 1.82) is 0 Å². The van der Waals surface area contributed by atoms with Gasteiger partial charge in [0.25, 0.3) is 10.1 Å². The maximum atomic E-state index is 12.2. The predicted octanol–water partition coefficient (Wildman–Crippen LogP) is 2.71. The Balaban J connectivity index is 1.96. The summed E-state index contributed by atoms with van der Waals surface area (Å²) < 4.78 is 33.3. The normalized spacial score (nSPS) is 17.0. The molecule has 0 radical (unpaired) electrons. The zero-order valence-corrected chi connectivity index (χ0v) is 15.7. The summed E-state index contributed by atoms with van der Waals surface area (Å²) in [4.78, 5) is 0.220. The molecular formula is C16H21INO3S+. The first kappa shape index (κ1) is 17.7. The third-order valence-corrected chi connectivity index (χ3v) is 5.82. The maximum absolute atomic E-state index is 12.2. The van der Waals surface area contributed by atoms with E-state index in [-0.39, 0.29) is 11.5 Å². The van der Waals surface area contributed by atoms with Crippen LogP contribution in [0.2, 0.25) is 0 Å². The lowest BCUT2D eigenvalue weighted by Gasteiger charge is -2.31. The molecule has 1 heterocycles. The number of hydrogen-bond acceptors (Lipinski definition) is 3. The smallest absolute Gasteiger partial charge is 0.297 e. The zero-order chi connectivity index (χ0) is 16.1. The van der Waals surface area contributed by atoms with Gasteiger partial charge in [-0.1, -0.05) is 17.7 Å². The molecule has 0 aliphatic carbocycles. The molecule has 0 aromatic heterocycles. The molecule has 0 unspecified atom stereocenters. The van der Waals surface area contributed by atoms with Crippen LogP contribution in [0.15, 0.2) is 29.2 Å². The van der Waals surface area contributed by atoms with Gasteiger partial charge in [0.15, 0.2) is 0 Å². The molecule has 1 saturated heterocycles. The summed E-state index contributed by atoms with van der Waals surface area (Å²) in [6, 6.07) is 6.74. The topological polar surface area (TPSA) is 43.4 Å². The highest BCUT2D eigenvalue weighted by Crippen LogP contribution is 2.20. The number of rotatable bonds is 6. The van der Waals surface area contributed by atoms with E-state index in [2.05, 4.69) is 9.85 Å². The second kappa shape index (κ2) is 7.77. The maximum Gasteiger partial charge on any atom is 0.297 e. The number of nitrogens with zero attached hydrogens (tertiary/aromatic N) is 1. The van der Waals surface area contributed by atoms with Crippen LogP contribution in [0, 0.1) is 16.8 Å². The predicted molar refractivity (Wildman–Crippen MR) is 95.1 cm³/mol. The summed E-state index contributed by atoms with van der Waals surface area (Å²) in [7, 11) is -3.66. The monoisotopic (exact) mass is 434 g/mol. The molecule has 120 valence electrons. The van der Waals surface area contributed by atoms with Gasteiger partial charge in [-0.2, -0.15) is 8.42 Å². The van der Waals surface area contributed by atoms with Gasteiger partial charge in [0.2, 0.25) is 0 Å². The highest BCUT2D eigenvalue weighted by molar-refractivity contribution is 14.1. The van der Waals surface area contributed by atoms with Crippen molar-refractivity contribution >= 4 is 32.7 Å². The molecular weight excluding hydrogens is 413 g/mol. The van der Waals surface area contributed by atoms with E-state index in [9.17, 15) is 8.42 Å². The quantitative estimate of drug-likeness (QED) is 0.299. The molecule has 2 rings (SSSR count). The minimum atomic E-state index is -3.66. The van der Waals surface area contributed by atoms with Gasteiger partial charge in [-0.05, 0) is 28.9 Å². The number of benzene rings is 1. The fourth-order valence-corrected chi connectivity index (χ4v) is 3.85. The summed E-state index contributed by atoms with van der Waals surface area (Å²) >= 11 is 2.04. The molecule has 0 amide bonds. The SMILES string of the molecule is Cc1ccc(S(=O)(=O)OCC[N+]2(CC#CI)CCCC2)cc1. The van der Waals surface area contributed by atoms with Gasteiger partial charge >= 0.3 is 0 Å². The van der Waals surface area contributed by atoms with E-state index < -0.39 is 10.1 Å². The third kappa shape index (κ3) is 4.69. The number of quaternary nitrogens is 1. The molecule has 0 N–H and O–H groups in total. The molecule has 1 fully saturated rings. The van der Waals surface area contributed by atoms with Crippen molar-refractivity contribution in [3.63, 3.8) is 0 Å². The first-order valence-electron chi connectivity index (χ1n) is 7.37. The Labute approximate surface area is 146 Å². The Hall–Kier alpha value is -0.620. The minimum Gasteiger partial charge on any atom is -0.312 e. The van der Waals surface area contributed by atoms with Crippen LogP contribution in [0.1, 0.15) is 18.4 Å². The Morgan fingerprint density at radius 1 is 1.23 bits per heavy atom. The molecule has 4 nitrogen and oxygen atoms in total. The zero-order valence-electron chi connectivity index (χ0n) is 12.7. The van der Waals surface area contributed by atoms with E-state index in [4.69, 9.17) is 4.18 Å². The molecule has 1 aromatic carbocycles. The van der Waals surface area contributed by atoms with E-state index in [1.807, 2.05) is 29.5 Å². The van der Waals surface area contributed by atoms with Gasteiger partial charge in [0, 0.05) is 35.4 Å². The summed E-state index contributed by atoms with van der Waals surface area (Å²) in [5.74, 6) is 3.12. The van der Waals surface area contributed by atoms with Crippen molar-refractivity contribution in [1.82, 2.24) is 0 Å². The molecule has 1 aliphatic rings. The van der Waals surface area contributed by atoms with Gasteiger partial charge in [-0.3, -0.25) is 4.18 Å². The lowest BCUT2D eigenvalue weighted by molar-refractivity contribution is -0.910. The second-order valence-corrected chi connectivity index (χ2v) is 7.89. The number of aryl methyl sites for hydroxylation is 1. The molecule has 0 saturated carbocycles. The van der Waals surface area contributed by atoms with E-state index in [1.165, 1.54) is 12.8 Å². The largest absolute Gasteiger partial charge is 0.312 e. The molecule has 0 spiro atoms. The van der Waals surface area contributed by atoms with Crippen molar-refractivity contribution in [2.75, 3.05) is 32.8 Å². The average molecular weight is 434 g/mol. The molecule has 6 heteroatoms. The highest BCUT2D eigenvalue weighted by atomic mass is 127. The van der Waals surface area contributed by atoms with E-state index >= 15 is 0 Å². The van der Waals surface area contributed by atoms with Crippen molar-refractivity contribution in [3.05, 3.63) is 29.8 Å². The second-order valence-electron chi connectivity index (χ2n) is 5.74. The van der Waals surface area contributed by atoms with Gasteiger partial charge in [-0.15, -0.1) is 0 Å². The van der Waals surface area contributed by atoms with E-state index in [0.29, 0.717) is 6.54 Å². The van der Waals surface area contributed by atoms with E-state index in [1.54, 1.807) is 24.3 Å². The fraction of sp³-hybridized carbons (Fsp3) is 0.500. The Morgan fingerprint density at radius 2 is 1.86 bits per heavy atom. The Bertz CT molecular complexity index is 653. The number of halogens is 1. The van der Waals surface area contributed by atoms with Crippen LogP contribution in [0.25, 0.3) is 0 Å². The molecule has 1 aliphatic heterocycles. The van der Waals surface area contributed by atoms with Gasteiger partial charge in [-0.25, -0.2) is 0 Å².